The third-order valence-electron chi connectivity index (χ3n) is 4.03. The molecular weight excluding hydrogens is 272 g/mol. The number of rotatable bonds is 5. The Balaban J connectivity index is 2.39. The molecule has 0 bridgehead atoms. The highest BCUT2D eigenvalue weighted by atomic mass is 16.1. The SMILES string of the molecule is CCN(CC)c1ccc(C(=O)c2cc(C)ccc2C)cc1N. The first-order chi connectivity index (χ1) is 10.5. The molecule has 0 saturated carbocycles. The summed E-state index contributed by atoms with van der Waals surface area (Å²) in [7, 11) is 0. The zero-order chi connectivity index (χ0) is 16.3. The molecule has 0 spiro atoms. The van der Waals surface area contributed by atoms with Crippen molar-refractivity contribution in [3.63, 3.8) is 0 Å². The normalized spacial score (nSPS) is 10.5. The van der Waals surface area contributed by atoms with Crippen molar-refractivity contribution in [3.05, 3.63) is 58.7 Å². The molecule has 2 aromatic rings. The average molecular weight is 296 g/mol. The van der Waals surface area contributed by atoms with E-state index in [4.69, 9.17) is 5.73 Å². The molecule has 0 saturated heterocycles. The quantitative estimate of drug-likeness (QED) is 0.671. The Bertz CT molecular complexity index is 688. The number of nitrogens with zero attached hydrogens (tertiary/aromatic N) is 1. The highest BCUT2D eigenvalue weighted by molar-refractivity contribution is 6.10. The summed E-state index contributed by atoms with van der Waals surface area (Å²) in [5, 5.41) is 0. The minimum Gasteiger partial charge on any atom is -0.397 e. The molecule has 0 aliphatic carbocycles. The molecule has 2 aromatic carbocycles. The van der Waals surface area contributed by atoms with E-state index in [1.807, 2.05) is 44.2 Å². The number of anilines is 2. The van der Waals surface area contributed by atoms with Crippen LogP contribution in [-0.4, -0.2) is 18.9 Å². The molecule has 0 unspecified atom stereocenters. The topological polar surface area (TPSA) is 46.3 Å². The molecule has 0 aromatic heterocycles. The minimum absolute atomic E-state index is 0.0268. The van der Waals surface area contributed by atoms with Crippen LogP contribution in [-0.2, 0) is 0 Å². The second-order valence-corrected chi connectivity index (χ2v) is 5.59. The molecule has 116 valence electrons. The molecule has 0 fully saturated rings. The predicted octanol–water partition coefficient (Wildman–Crippen LogP) is 3.96. The van der Waals surface area contributed by atoms with Gasteiger partial charge in [0, 0.05) is 24.2 Å². The number of carbonyl (C=O) groups excluding carboxylic acids is 1. The number of benzene rings is 2. The largest absolute Gasteiger partial charge is 0.397 e. The summed E-state index contributed by atoms with van der Waals surface area (Å²) in [5.74, 6) is 0.0268. The van der Waals surface area contributed by atoms with Gasteiger partial charge in [0.25, 0.3) is 0 Å². The zero-order valence-electron chi connectivity index (χ0n) is 13.8. The first-order valence-corrected chi connectivity index (χ1v) is 7.74. The fourth-order valence-corrected chi connectivity index (χ4v) is 2.68. The van der Waals surface area contributed by atoms with Crippen molar-refractivity contribution in [2.24, 2.45) is 0 Å². The standard InChI is InChI=1S/C19H24N2O/c1-5-21(6-2)18-10-9-15(12-17(18)20)19(22)16-11-13(3)7-8-14(16)4/h7-12H,5-6,20H2,1-4H3. The minimum atomic E-state index is 0.0268. The van der Waals surface area contributed by atoms with E-state index in [0.717, 1.165) is 35.5 Å². The van der Waals surface area contributed by atoms with Crippen molar-refractivity contribution in [1.82, 2.24) is 0 Å². The van der Waals surface area contributed by atoms with Gasteiger partial charge in [-0.2, -0.15) is 0 Å². The third kappa shape index (κ3) is 3.14. The Morgan fingerprint density at radius 3 is 2.32 bits per heavy atom. The van der Waals surface area contributed by atoms with Gasteiger partial charge >= 0.3 is 0 Å². The molecule has 0 aliphatic heterocycles. The fourth-order valence-electron chi connectivity index (χ4n) is 2.68. The summed E-state index contributed by atoms with van der Waals surface area (Å²) in [6.07, 6.45) is 0. The molecule has 22 heavy (non-hydrogen) atoms. The van der Waals surface area contributed by atoms with E-state index in [1.54, 1.807) is 6.07 Å². The number of ketones is 1. The van der Waals surface area contributed by atoms with Gasteiger partial charge in [-0.25, -0.2) is 0 Å². The Hall–Kier alpha value is -2.29. The summed E-state index contributed by atoms with van der Waals surface area (Å²) in [5.41, 5.74) is 11.3. The van der Waals surface area contributed by atoms with Crippen LogP contribution in [0.25, 0.3) is 0 Å². The first kappa shape index (κ1) is 16.1. The van der Waals surface area contributed by atoms with Crippen LogP contribution in [0.15, 0.2) is 36.4 Å². The van der Waals surface area contributed by atoms with E-state index in [0.29, 0.717) is 11.3 Å². The summed E-state index contributed by atoms with van der Waals surface area (Å²) < 4.78 is 0. The lowest BCUT2D eigenvalue weighted by atomic mass is 9.96. The third-order valence-corrected chi connectivity index (χ3v) is 4.03. The van der Waals surface area contributed by atoms with Crippen LogP contribution in [0.2, 0.25) is 0 Å². The van der Waals surface area contributed by atoms with Gasteiger partial charge in [-0.3, -0.25) is 4.79 Å². The molecule has 0 heterocycles. The van der Waals surface area contributed by atoms with Crippen LogP contribution in [0, 0.1) is 13.8 Å². The molecule has 3 heteroatoms. The van der Waals surface area contributed by atoms with Crippen LogP contribution < -0.4 is 10.6 Å². The molecule has 2 N–H and O–H groups in total. The maximum atomic E-state index is 12.7. The lowest BCUT2D eigenvalue weighted by molar-refractivity contribution is 0.103. The van der Waals surface area contributed by atoms with Crippen molar-refractivity contribution in [2.75, 3.05) is 23.7 Å². The van der Waals surface area contributed by atoms with E-state index in [9.17, 15) is 4.79 Å². The lowest BCUT2D eigenvalue weighted by Crippen LogP contribution is -2.23. The summed E-state index contributed by atoms with van der Waals surface area (Å²) in [4.78, 5) is 14.9. The maximum Gasteiger partial charge on any atom is 0.193 e. The average Bonchev–Trinajstić information content (AvgIpc) is 2.51. The van der Waals surface area contributed by atoms with E-state index < -0.39 is 0 Å². The van der Waals surface area contributed by atoms with Gasteiger partial charge in [0.2, 0.25) is 0 Å². The Kier molecular flexibility index (Phi) is 4.86. The second-order valence-electron chi connectivity index (χ2n) is 5.59. The maximum absolute atomic E-state index is 12.7. The van der Waals surface area contributed by atoms with Crippen LogP contribution in [0.5, 0.6) is 0 Å². The Labute approximate surface area is 132 Å². The van der Waals surface area contributed by atoms with Gasteiger partial charge in [0.1, 0.15) is 0 Å². The molecule has 2 rings (SSSR count). The lowest BCUT2D eigenvalue weighted by Gasteiger charge is -2.23. The van der Waals surface area contributed by atoms with E-state index >= 15 is 0 Å². The number of aryl methyl sites for hydroxylation is 2. The molecule has 0 atom stereocenters. The van der Waals surface area contributed by atoms with Gasteiger partial charge in [0.05, 0.1) is 11.4 Å². The van der Waals surface area contributed by atoms with Crippen molar-refractivity contribution < 1.29 is 4.79 Å². The smallest absolute Gasteiger partial charge is 0.193 e. The number of carbonyl (C=O) groups is 1. The summed E-state index contributed by atoms with van der Waals surface area (Å²) in [6, 6.07) is 11.5. The van der Waals surface area contributed by atoms with E-state index in [-0.39, 0.29) is 5.78 Å². The highest BCUT2D eigenvalue weighted by Gasteiger charge is 2.14. The molecule has 0 amide bonds. The Morgan fingerprint density at radius 2 is 1.73 bits per heavy atom. The van der Waals surface area contributed by atoms with Crippen LogP contribution in [0.3, 0.4) is 0 Å². The van der Waals surface area contributed by atoms with Gasteiger partial charge in [0.15, 0.2) is 5.78 Å². The highest BCUT2D eigenvalue weighted by Crippen LogP contribution is 2.26. The van der Waals surface area contributed by atoms with Crippen LogP contribution in [0.1, 0.15) is 40.9 Å². The van der Waals surface area contributed by atoms with Gasteiger partial charge in [-0.15, -0.1) is 0 Å². The van der Waals surface area contributed by atoms with Crippen molar-refractivity contribution >= 4 is 17.2 Å². The molecule has 3 nitrogen and oxygen atoms in total. The van der Waals surface area contributed by atoms with Crippen molar-refractivity contribution in [2.45, 2.75) is 27.7 Å². The van der Waals surface area contributed by atoms with Crippen LogP contribution in [0.4, 0.5) is 11.4 Å². The monoisotopic (exact) mass is 296 g/mol. The van der Waals surface area contributed by atoms with Crippen LogP contribution >= 0.6 is 0 Å². The number of nitrogens with two attached hydrogens (primary N) is 1. The molecule has 0 aliphatic rings. The summed E-state index contributed by atoms with van der Waals surface area (Å²) in [6.45, 7) is 9.93. The fraction of sp³-hybridized carbons (Fsp3) is 0.316. The number of hydrogen-bond acceptors (Lipinski definition) is 3. The second kappa shape index (κ2) is 6.65. The zero-order valence-corrected chi connectivity index (χ0v) is 13.8. The van der Waals surface area contributed by atoms with Gasteiger partial charge in [-0.05, 0) is 57.5 Å². The van der Waals surface area contributed by atoms with E-state index in [1.165, 1.54) is 0 Å². The number of hydrogen-bond donors (Lipinski definition) is 1. The molecular formula is C19H24N2O. The molecule has 0 radical (unpaired) electrons. The van der Waals surface area contributed by atoms with Gasteiger partial charge in [-0.1, -0.05) is 17.7 Å². The first-order valence-electron chi connectivity index (χ1n) is 7.74. The van der Waals surface area contributed by atoms with Crippen molar-refractivity contribution in [3.8, 4) is 0 Å². The predicted molar refractivity (Wildman–Crippen MR) is 93.8 cm³/mol. The van der Waals surface area contributed by atoms with Crippen molar-refractivity contribution in [1.29, 1.82) is 0 Å². The summed E-state index contributed by atoms with van der Waals surface area (Å²) >= 11 is 0. The van der Waals surface area contributed by atoms with Gasteiger partial charge < -0.3 is 10.6 Å². The van der Waals surface area contributed by atoms with E-state index in [2.05, 4.69) is 18.7 Å². The number of nitrogen functional groups attached to an aromatic ring is 1. The Morgan fingerprint density at radius 1 is 1.05 bits per heavy atom.